The number of nitrogens with one attached hydrogen (secondary N) is 3. The van der Waals surface area contributed by atoms with E-state index in [0.717, 1.165) is 40.8 Å². The first-order valence-corrected chi connectivity index (χ1v) is 14.0. The Balaban J connectivity index is 1.17. The lowest BCUT2D eigenvalue weighted by Gasteiger charge is -2.27. The monoisotopic (exact) mass is 523 g/mol. The van der Waals surface area contributed by atoms with Crippen molar-refractivity contribution in [3.05, 3.63) is 64.5 Å². The molecule has 1 saturated carbocycles. The summed E-state index contributed by atoms with van der Waals surface area (Å²) in [5.74, 6) is 0.575. The second-order valence-electron chi connectivity index (χ2n) is 9.83. The maximum absolute atomic E-state index is 12.1. The lowest BCUT2D eigenvalue weighted by Crippen LogP contribution is -2.43. The van der Waals surface area contributed by atoms with Gasteiger partial charge in [-0.3, -0.25) is 14.8 Å². The van der Waals surface area contributed by atoms with E-state index < -0.39 is 5.91 Å². The fourth-order valence-electron chi connectivity index (χ4n) is 4.84. The predicted octanol–water partition coefficient (Wildman–Crippen LogP) is 5.35. The Morgan fingerprint density at radius 1 is 1.03 bits per heavy atom. The average molecular weight is 524 g/mol. The minimum atomic E-state index is -0.486. The van der Waals surface area contributed by atoms with Gasteiger partial charge in [-0.1, -0.05) is 43.5 Å². The van der Waals surface area contributed by atoms with Gasteiger partial charge in [0.25, 0.3) is 5.91 Å². The maximum atomic E-state index is 12.1. The molecule has 1 heterocycles. The molecule has 1 aliphatic carbocycles. The first-order chi connectivity index (χ1) is 18.0. The highest BCUT2D eigenvalue weighted by Gasteiger charge is 2.20. The Bertz CT molecular complexity index is 1170. The molecular formula is C29H37N3O4S. The normalized spacial score (nSPS) is 15.0. The van der Waals surface area contributed by atoms with Gasteiger partial charge in [0, 0.05) is 23.8 Å². The number of carbonyl (C=O) groups is 2. The molecular weight excluding hydrogens is 486 g/mol. The van der Waals surface area contributed by atoms with Crippen molar-refractivity contribution in [1.29, 1.82) is 0 Å². The number of ether oxygens (including phenoxy) is 1. The van der Waals surface area contributed by atoms with Crippen LogP contribution in [0.4, 0.5) is 0 Å². The van der Waals surface area contributed by atoms with E-state index in [9.17, 15) is 9.59 Å². The van der Waals surface area contributed by atoms with E-state index in [1.54, 1.807) is 18.5 Å². The fourth-order valence-corrected chi connectivity index (χ4v) is 5.86. The average Bonchev–Trinajstić information content (AvgIpc) is 3.35. The summed E-state index contributed by atoms with van der Waals surface area (Å²) in [6.07, 6.45) is 7.84. The number of carbonyl (C=O) groups excluding carboxylic acids is 2. The van der Waals surface area contributed by atoms with Crippen LogP contribution in [0.5, 0.6) is 5.75 Å². The smallest absolute Gasteiger partial charge is 0.284 e. The number of amides is 1. The van der Waals surface area contributed by atoms with Gasteiger partial charge < -0.3 is 15.4 Å². The summed E-state index contributed by atoms with van der Waals surface area (Å²) in [6.45, 7) is 3.72. The second kappa shape index (κ2) is 13.7. The Kier molecular flexibility index (Phi) is 10.1. The number of hydrogen-bond donors (Lipinski definition) is 4. The van der Waals surface area contributed by atoms with Crippen molar-refractivity contribution in [3.63, 3.8) is 0 Å². The first-order valence-electron chi connectivity index (χ1n) is 13.2. The van der Waals surface area contributed by atoms with Crippen molar-refractivity contribution < 1.29 is 19.5 Å². The van der Waals surface area contributed by atoms with Crippen LogP contribution < -0.4 is 20.9 Å². The van der Waals surface area contributed by atoms with Gasteiger partial charge in [-0.15, -0.1) is 11.3 Å². The maximum Gasteiger partial charge on any atom is 0.284 e. The highest BCUT2D eigenvalue weighted by molar-refractivity contribution is 7.20. The molecule has 1 aromatic heterocycles. The molecule has 0 radical (unpaired) electrons. The van der Waals surface area contributed by atoms with E-state index in [0.29, 0.717) is 24.1 Å². The van der Waals surface area contributed by atoms with Gasteiger partial charge in [0.1, 0.15) is 11.5 Å². The number of ketones is 1. The summed E-state index contributed by atoms with van der Waals surface area (Å²) in [6, 6.07) is 16.4. The Morgan fingerprint density at radius 2 is 1.76 bits per heavy atom. The number of rotatable bonds is 13. The molecule has 0 spiro atoms. The molecule has 2 aromatic carbocycles. The van der Waals surface area contributed by atoms with Crippen LogP contribution in [0.1, 0.15) is 72.7 Å². The van der Waals surface area contributed by atoms with Crippen LogP contribution in [-0.4, -0.2) is 35.6 Å². The van der Waals surface area contributed by atoms with Gasteiger partial charge in [-0.05, 0) is 73.4 Å². The molecule has 0 saturated heterocycles. The molecule has 0 aliphatic heterocycles. The summed E-state index contributed by atoms with van der Waals surface area (Å²) in [4.78, 5) is 24.2. The van der Waals surface area contributed by atoms with Crippen LogP contribution in [0.25, 0.3) is 10.1 Å². The molecule has 37 heavy (non-hydrogen) atoms. The van der Waals surface area contributed by atoms with Crippen LogP contribution in [0.2, 0.25) is 0 Å². The molecule has 0 bridgehead atoms. The van der Waals surface area contributed by atoms with Crippen molar-refractivity contribution in [1.82, 2.24) is 16.1 Å². The standard InChI is InChI=1S/C29H37N3O4S/c1-20(33)26(31-24-6-3-2-4-7-24)8-5-15-36-25-13-10-21(11-14-25)18-30-19-22-9-12-23-17-28(29(34)32-35)37-27(23)16-22/h9-14,16-17,24,26,30-31,35H,2-8,15,18-19H2,1H3,(H,32,34)/t26-/m0/s1. The first kappa shape index (κ1) is 27.3. The van der Waals surface area contributed by atoms with E-state index in [-0.39, 0.29) is 11.8 Å². The highest BCUT2D eigenvalue weighted by atomic mass is 32.1. The zero-order valence-corrected chi connectivity index (χ0v) is 22.2. The summed E-state index contributed by atoms with van der Waals surface area (Å²) >= 11 is 1.36. The van der Waals surface area contributed by atoms with E-state index in [1.807, 2.05) is 24.3 Å². The Morgan fingerprint density at radius 3 is 2.49 bits per heavy atom. The number of fused-ring (bicyclic) bond motifs is 1. The van der Waals surface area contributed by atoms with Crippen LogP contribution in [0.3, 0.4) is 0 Å². The molecule has 1 fully saturated rings. The molecule has 3 aromatic rings. The number of benzene rings is 2. The molecule has 4 N–H and O–H groups in total. The van der Waals surface area contributed by atoms with Crippen molar-refractivity contribution in [2.24, 2.45) is 0 Å². The second-order valence-corrected chi connectivity index (χ2v) is 10.9. The minimum absolute atomic E-state index is 0.0669. The summed E-state index contributed by atoms with van der Waals surface area (Å²) in [5, 5.41) is 16.8. The summed E-state index contributed by atoms with van der Waals surface area (Å²) < 4.78 is 6.93. The van der Waals surface area contributed by atoms with Gasteiger partial charge in [0.2, 0.25) is 0 Å². The lowest BCUT2D eigenvalue weighted by atomic mass is 9.94. The van der Waals surface area contributed by atoms with Crippen molar-refractivity contribution >= 4 is 33.1 Å². The third-order valence-corrected chi connectivity index (χ3v) is 8.03. The van der Waals surface area contributed by atoms with Crippen LogP contribution >= 0.6 is 11.3 Å². The molecule has 1 aliphatic rings. The van der Waals surface area contributed by atoms with Gasteiger partial charge in [0.15, 0.2) is 0 Å². The van der Waals surface area contributed by atoms with E-state index >= 15 is 0 Å². The van der Waals surface area contributed by atoms with E-state index in [4.69, 9.17) is 9.94 Å². The molecule has 1 amide bonds. The van der Waals surface area contributed by atoms with Gasteiger partial charge in [0.05, 0.1) is 17.5 Å². The Hall–Kier alpha value is -2.78. The third-order valence-electron chi connectivity index (χ3n) is 6.93. The van der Waals surface area contributed by atoms with Crippen LogP contribution in [0, 0.1) is 0 Å². The number of thiophene rings is 1. The van der Waals surface area contributed by atoms with Crippen LogP contribution in [-0.2, 0) is 17.9 Å². The topological polar surface area (TPSA) is 99.7 Å². The molecule has 8 heteroatoms. The summed E-state index contributed by atoms with van der Waals surface area (Å²) in [5.41, 5.74) is 3.98. The van der Waals surface area contributed by atoms with Crippen LogP contribution in [0.15, 0.2) is 48.5 Å². The Labute approximate surface area is 222 Å². The SMILES string of the molecule is CC(=O)[C@H](CCCOc1ccc(CNCc2ccc3cc(C(=O)NO)sc3c2)cc1)NC1CCCCC1. The zero-order chi connectivity index (χ0) is 26.0. The number of Topliss-reactive ketones (excluding diaryl/α,β-unsaturated/α-hetero) is 1. The molecule has 7 nitrogen and oxygen atoms in total. The quantitative estimate of drug-likeness (QED) is 0.137. The third kappa shape index (κ3) is 8.10. The number of hydrogen-bond acceptors (Lipinski definition) is 7. The molecule has 1 atom stereocenters. The van der Waals surface area contributed by atoms with Gasteiger partial charge >= 0.3 is 0 Å². The molecule has 0 unspecified atom stereocenters. The van der Waals surface area contributed by atoms with E-state index in [1.165, 1.54) is 49.0 Å². The predicted molar refractivity (Wildman–Crippen MR) is 147 cm³/mol. The van der Waals surface area contributed by atoms with Gasteiger partial charge in [-0.2, -0.15) is 0 Å². The van der Waals surface area contributed by atoms with Crippen molar-refractivity contribution in [3.8, 4) is 5.75 Å². The largest absolute Gasteiger partial charge is 0.494 e. The highest BCUT2D eigenvalue weighted by Crippen LogP contribution is 2.27. The van der Waals surface area contributed by atoms with Crippen molar-refractivity contribution in [2.75, 3.05) is 6.61 Å². The summed E-state index contributed by atoms with van der Waals surface area (Å²) in [7, 11) is 0. The minimum Gasteiger partial charge on any atom is -0.494 e. The van der Waals surface area contributed by atoms with Crippen molar-refractivity contribution in [2.45, 2.75) is 77.0 Å². The molecule has 198 valence electrons. The lowest BCUT2D eigenvalue weighted by molar-refractivity contribution is -0.119. The zero-order valence-electron chi connectivity index (χ0n) is 21.4. The fraction of sp³-hybridized carbons (Fsp3) is 0.448. The van der Waals surface area contributed by atoms with E-state index in [2.05, 4.69) is 28.8 Å². The number of hydroxylamine groups is 1. The molecule has 4 rings (SSSR count). The van der Waals surface area contributed by atoms with Gasteiger partial charge in [-0.25, -0.2) is 5.48 Å².